The molecule has 4 unspecified atom stereocenters. The summed E-state index contributed by atoms with van der Waals surface area (Å²) in [7, 11) is 0. The number of allylic oxidation sites excluding steroid dienone is 6. The monoisotopic (exact) mass is 843 g/mol. The van der Waals surface area contributed by atoms with Crippen LogP contribution in [0.3, 0.4) is 0 Å². The summed E-state index contributed by atoms with van der Waals surface area (Å²) in [6, 6.07) is 29.8. The van der Waals surface area contributed by atoms with E-state index < -0.39 is 12.2 Å². The number of aliphatic hydroxyl groups excluding tert-OH is 2. The fourth-order valence-electron chi connectivity index (χ4n) is 7.16. The Kier molecular flexibility index (Phi) is 21.2. The van der Waals surface area contributed by atoms with Crippen LogP contribution in [0.1, 0.15) is 91.2 Å². The van der Waals surface area contributed by atoms with Crippen molar-refractivity contribution in [3.63, 3.8) is 0 Å². The molecule has 0 saturated carbocycles. The number of aryl methyl sites for hydroxylation is 2. The molecule has 2 amide bonds. The number of rotatable bonds is 20. The summed E-state index contributed by atoms with van der Waals surface area (Å²) in [4.78, 5) is 25.0. The Morgan fingerprint density at radius 2 is 1.10 bits per heavy atom. The second-order valence-electron chi connectivity index (χ2n) is 16.3. The second kappa shape index (κ2) is 27.0. The van der Waals surface area contributed by atoms with Gasteiger partial charge in [0.05, 0.1) is 18.9 Å². The largest absolute Gasteiger partial charge is 0.388 e. The van der Waals surface area contributed by atoms with Gasteiger partial charge in [0.1, 0.15) is 0 Å². The van der Waals surface area contributed by atoms with Gasteiger partial charge in [0.15, 0.2) is 0 Å². The van der Waals surface area contributed by atoms with Crippen LogP contribution in [0, 0.1) is 35.5 Å². The highest BCUT2D eigenvalue weighted by molar-refractivity contribution is 5.95. The summed E-state index contributed by atoms with van der Waals surface area (Å²) in [6.07, 6.45) is 20.2. The number of amides is 2. The first-order valence-electron chi connectivity index (χ1n) is 22.3. The highest BCUT2D eigenvalue weighted by Gasteiger charge is 2.14. The number of fused-ring (bicyclic) bond motifs is 2. The Morgan fingerprint density at radius 1 is 0.587 bits per heavy atom. The Labute approximate surface area is 376 Å². The van der Waals surface area contributed by atoms with Crippen LogP contribution in [0.25, 0.3) is 21.5 Å². The lowest BCUT2D eigenvalue weighted by Gasteiger charge is -2.16. The average Bonchev–Trinajstić information content (AvgIpc) is 3.29. The van der Waals surface area contributed by atoms with E-state index in [0.717, 1.165) is 36.8 Å². The van der Waals surface area contributed by atoms with E-state index in [-0.39, 0.29) is 30.3 Å². The van der Waals surface area contributed by atoms with E-state index in [0.29, 0.717) is 36.8 Å². The van der Waals surface area contributed by atoms with E-state index in [1.54, 1.807) is 26.0 Å². The highest BCUT2D eigenvalue weighted by atomic mass is 16.3. The Balaban J connectivity index is 1.06. The van der Waals surface area contributed by atoms with Gasteiger partial charge in [-0.3, -0.25) is 9.59 Å². The lowest BCUT2D eigenvalue weighted by atomic mass is 9.95. The maximum Gasteiger partial charge on any atom is 0.247 e. The molecule has 4 N–H and O–H groups in total. The Bertz CT molecular complexity index is 2450. The summed E-state index contributed by atoms with van der Waals surface area (Å²) < 4.78 is 0. The van der Waals surface area contributed by atoms with Gasteiger partial charge in [0.2, 0.25) is 11.8 Å². The molecule has 4 atom stereocenters. The molecule has 6 nitrogen and oxygen atoms in total. The van der Waals surface area contributed by atoms with Crippen molar-refractivity contribution in [2.75, 3.05) is 6.67 Å². The fraction of sp³-hybridized carbons (Fsp3) is 0.333. The highest BCUT2D eigenvalue weighted by Crippen LogP contribution is 2.22. The van der Waals surface area contributed by atoms with Crippen molar-refractivity contribution in [2.45, 2.75) is 105 Å². The van der Waals surface area contributed by atoms with Crippen molar-refractivity contribution in [1.82, 2.24) is 10.6 Å². The lowest BCUT2D eigenvalue weighted by molar-refractivity contribution is -0.119. The molecular weight excluding hydrogens is 777 g/mol. The van der Waals surface area contributed by atoms with E-state index in [4.69, 9.17) is 0 Å². The molecule has 0 bridgehead atoms. The molecule has 0 aliphatic heterocycles. The van der Waals surface area contributed by atoms with Gasteiger partial charge in [-0.2, -0.15) is 0 Å². The number of hydrogen-bond donors (Lipinski definition) is 4. The summed E-state index contributed by atoms with van der Waals surface area (Å²) in [5, 5.41) is 32.1. The van der Waals surface area contributed by atoms with Crippen LogP contribution in [0.4, 0.5) is 0 Å². The Hall–Kier alpha value is -6.18. The van der Waals surface area contributed by atoms with Crippen LogP contribution < -0.4 is 10.6 Å². The minimum atomic E-state index is -0.573. The molecule has 0 radical (unpaired) electrons. The van der Waals surface area contributed by atoms with E-state index in [1.807, 2.05) is 52.0 Å². The third kappa shape index (κ3) is 17.2. The topological polar surface area (TPSA) is 98.7 Å². The summed E-state index contributed by atoms with van der Waals surface area (Å²) in [6.45, 7) is 11.4. The van der Waals surface area contributed by atoms with Gasteiger partial charge in [-0.25, -0.2) is 0 Å². The van der Waals surface area contributed by atoms with Gasteiger partial charge in [0, 0.05) is 35.8 Å². The van der Waals surface area contributed by atoms with E-state index in [9.17, 15) is 19.8 Å². The molecule has 0 fully saturated rings. The first kappa shape index (κ1) is 49.5. The SMILES string of the molecule is C/C(=C\CCC#C/C=C/C(C)C(O)/C(C)=C/CCc1ccc2ccccc2c1)C(=O)NCNC(=O)/C(C)=C/CCC#C/C=C/C(C)C(O)/C(C)=C/CCc1cccc2ccccc12. The molecule has 4 rings (SSSR count). The maximum atomic E-state index is 12.5. The van der Waals surface area contributed by atoms with Crippen molar-refractivity contribution in [3.05, 3.63) is 167 Å². The summed E-state index contributed by atoms with van der Waals surface area (Å²) >= 11 is 0. The molecule has 0 saturated heterocycles. The van der Waals surface area contributed by atoms with Crippen molar-refractivity contribution in [1.29, 1.82) is 0 Å². The molecule has 0 spiro atoms. The first-order chi connectivity index (χ1) is 30.4. The van der Waals surface area contributed by atoms with Gasteiger partial charge in [-0.15, -0.1) is 0 Å². The van der Waals surface area contributed by atoms with Crippen LogP contribution in [-0.4, -0.2) is 40.9 Å². The molecule has 328 valence electrons. The molecule has 0 aromatic heterocycles. The number of carbonyl (C=O) groups excluding carboxylic acids is 2. The number of unbranched alkanes of at least 4 members (excludes halogenated alkanes) is 2. The standard InChI is InChI=1S/C57H66N2O4/c1-42(54(60)44(3)28-21-30-48-38-39-49-31-17-18-33-52(49)40-48)24-13-9-7-11-15-26-46(5)56(62)58-41-59-57(63)47(6)27-16-12-8-10-14-25-43(2)55(61)45(4)29-22-34-51-36-23-35-50-32-19-20-37-53(50)51/h13-14,17-20,23-29,31-33,35-40,42-43,54-55,60-61H,11-12,15-16,21-22,30,34,41H2,1-6H3,(H,58,62)(H,59,63)/b24-13+,25-14+,44-28+,45-29+,46-26+,47-27+. The molecule has 4 aromatic carbocycles. The molecule has 6 heteroatoms. The number of aliphatic hydroxyl groups is 2. The predicted octanol–water partition coefficient (Wildman–Crippen LogP) is 11.2. The van der Waals surface area contributed by atoms with Crippen LogP contribution in [0.15, 0.2) is 156 Å². The molecule has 0 heterocycles. The zero-order valence-electron chi connectivity index (χ0n) is 38.1. The zero-order chi connectivity index (χ0) is 45.4. The predicted molar refractivity (Wildman–Crippen MR) is 263 cm³/mol. The van der Waals surface area contributed by atoms with Crippen molar-refractivity contribution >= 4 is 33.4 Å². The lowest BCUT2D eigenvalue weighted by Crippen LogP contribution is -2.37. The van der Waals surface area contributed by atoms with E-state index >= 15 is 0 Å². The molecule has 0 aliphatic carbocycles. The molecular formula is C57H66N2O4. The fourth-order valence-corrected chi connectivity index (χ4v) is 7.16. The molecule has 4 aromatic rings. The van der Waals surface area contributed by atoms with Crippen molar-refractivity contribution in [2.24, 2.45) is 11.8 Å². The van der Waals surface area contributed by atoms with Crippen LogP contribution in [-0.2, 0) is 22.4 Å². The smallest absolute Gasteiger partial charge is 0.247 e. The number of hydrogen-bond acceptors (Lipinski definition) is 4. The molecule has 63 heavy (non-hydrogen) atoms. The van der Waals surface area contributed by atoms with Gasteiger partial charge in [-0.05, 0) is 122 Å². The number of carbonyl (C=O) groups is 2. The van der Waals surface area contributed by atoms with Gasteiger partial charge >= 0.3 is 0 Å². The van der Waals surface area contributed by atoms with E-state index in [1.165, 1.54) is 32.7 Å². The average molecular weight is 843 g/mol. The first-order valence-corrected chi connectivity index (χ1v) is 22.3. The van der Waals surface area contributed by atoms with Crippen LogP contribution in [0.5, 0.6) is 0 Å². The third-order valence-corrected chi connectivity index (χ3v) is 11.2. The minimum absolute atomic E-state index is 0.0231. The summed E-state index contributed by atoms with van der Waals surface area (Å²) in [5.74, 6) is 11.6. The number of nitrogens with one attached hydrogen (secondary N) is 2. The van der Waals surface area contributed by atoms with Crippen molar-refractivity contribution in [3.8, 4) is 23.7 Å². The summed E-state index contributed by atoms with van der Waals surface area (Å²) in [5.41, 5.74) is 5.64. The minimum Gasteiger partial charge on any atom is -0.388 e. The third-order valence-electron chi connectivity index (χ3n) is 11.2. The van der Waals surface area contributed by atoms with Crippen LogP contribution in [0.2, 0.25) is 0 Å². The van der Waals surface area contributed by atoms with Gasteiger partial charge < -0.3 is 20.8 Å². The van der Waals surface area contributed by atoms with Crippen molar-refractivity contribution < 1.29 is 19.8 Å². The number of benzene rings is 4. The molecule has 0 aliphatic rings. The second-order valence-corrected chi connectivity index (χ2v) is 16.3. The quantitative estimate of drug-likeness (QED) is 0.0234. The van der Waals surface area contributed by atoms with E-state index in [2.05, 4.69) is 131 Å². The Morgan fingerprint density at radius 3 is 1.68 bits per heavy atom. The zero-order valence-corrected chi connectivity index (χ0v) is 38.1. The van der Waals surface area contributed by atoms with Gasteiger partial charge in [-0.1, -0.05) is 159 Å². The van der Waals surface area contributed by atoms with Crippen LogP contribution >= 0.6 is 0 Å². The van der Waals surface area contributed by atoms with Gasteiger partial charge in [0.25, 0.3) is 0 Å². The maximum absolute atomic E-state index is 12.5. The normalized spacial score (nSPS) is 14.5.